The molecule has 0 radical (unpaired) electrons. The van der Waals surface area contributed by atoms with E-state index in [0.29, 0.717) is 0 Å². The van der Waals surface area contributed by atoms with Gasteiger partial charge in [-0.1, -0.05) is 78.9 Å². The number of nitrogen functional groups attached to an aromatic ring is 1. The van der Waals surface area contributed by atoms with E-state index in [-0.39, 0.29) is 5.41 Å². The summed E-state index contributed by atoms with van der Waals surface area (Å²) in [5, 5.41) is 0. The Bertz CT molecular complexity index is 1130. The van der Waals surface area contributed by atoms with E-state index < -0.39 is 0 Å². The van der Waals surface area contributed by atoms with E-state index >= 15 is 0 Å². The van der Waals surface area contributed by atoms with Crippen molar-refractivity contribution in [3.63, 3.8) is 0 Å². The van der Waals surface area contributed by atoms with Crippen molar-refractivity contribution in [1.29, 1.82) is 0 Å². The Morgan fingerprint density at radius 2 is 1.22 bits per heavy atom. The Balaban J connectivity index is 1.75. The quantitative estimate of drug-likeness (QED) is 0.425. The SMILES string of the molecule is CC1(c2ccccc2)c2ccccc2-c2cc(-c3ccc(N)cc3)ccc21. The average molecular weight is 347 g/mol. The predicted molar refractivity (Wildman–Crippen MR) is 114 cm³/mol. The van der Waals surface area contributed by atoms with Gasteiger partial charge < -0.3 is 5.73 Å². The van der Waals surface area contributed by atoms with E-state index in [9.17, 15) is 0 Å². The lowest BCUT2D eigenvalue weighted by Crippen LogP contribution is -2.22. The highest BCUT2D eigenvalue weighted by molar-refractivity contribution is 5.86. The van der Waals surface area contributed by atoms with Crippen LogP contribution in [0.2, 0.25) is 0 Å². The van der Waals surface area contributed by atoms with Crippen molar-refractivity contribution in [1.82, 2.24) is 0 Å². The lowest BCUT2D eigenvalue weighted by molar-refractivity contribution is 0.714. The van der Waals surface area contributed by atoms with Crippen LogP contribution in [0.3, 0.4) is 0 Å². The largest absolute Gasteiger partial charge is 0.399 e. The van der Waals surface area contributed by atoms with Crippen molar-refractivity contribution >= 4 is 5.69 Å². The van der Waals surface area contributed by atoms with Gasteiger partial charge in [-0.2, -0.15) is 0 Å². The van der Waals surface area contributed by atoms with Crippen LogP contribution in [0.4, 0.5) is 5.69 Å². The summed E-state index contributed by atoms with van der Waals surface area (Å²) in [6, 6.07) is 34.6. The van der Waals surface area contributed by atoms with Gasteiger partial charge in [0.15, 0.2) is 0 Å². The monoisotopic (exact) mass is 347 g/mol. The van der Waals surface area contributed by atoms with Crippen LogP contribution in [0.15, 0.2) is 97.1 Å². The Morgan fingerprint density at radius 3 is 2.00 bits per heavy atom. The zero-order valence-electron chi connectivity index (χ0n) is 15.3. The molecule has 130 valence electrons. The van der Waals surface area contributed by atoms with Crippen molar-refractivity contribution in [2.75, 3.05) is 5.73 Å². The van der Waals surface area contributed by atoms with Crippen LogP contribution < -0.4 is 5.73 Å². The fraction of sp³-hybridized carbons (Fsp3) is 0.0769. The minimum Gasteiger partial charge on any atom is -0.399 e. The highest BCUT2D eigenvalue weighted by atomic mass is 14.5. The van der Waals surface area contributed by atoms with Crippen molar-refractivity contribution in [3.8, 4) is 22.3 Å². The third kappa shape index (κ3) is 2.32. The van der Waals surface area contributed by atoms with E-state index in [1.165, 1.54) is 38.9 Å². The summed E-state index contributed by atoms with van der Waals surface area (Å²) in [6.45, 7) is 2.34. The smallest absolute Gasteiger partial charge is 0.0435 e. The van der Waals surface area contributed by atoms with Gasteiger partial charge in [0.05, 0.1) is 0 Å². The van der Waals surface area contributed by atoms with E-state index in [1.807, 2.05) is 12.1 Å². The Kier molecular flexibility index (Phi) is 3.45. The van der Waals surface area contributed by atoms with Crippen LogP contribution in [0.25, 0.3) is 22.3 Å². The molecule has 1 heteroatoms. The average Bonchev–Trinajstić information content (AvgIpc) is 2.99. The van der Waals surface area contributed by atoms with E-state index in [4.69, 9.17) is 5.73 Å². The predicted octanol–water partition coefficient (Wildman–Crippen LogP) is 6.27. The first-order valence-electron chi connectivity index (χ1n) is 9.34. The lowest BCUT2D eigenvalue weighted by atomic mass is 9.74. The number of rotatable bonds is 2. The minimum atomic E-state index is -0.132. The number of hydrogen-bond acceptors (Lipinski definition) is 1. The van der Waals surface area contributed by atoms with Crippen LogP contribution in [0, 0.1) is 0 Å². The second kappa shape index (κ2) is 5.85. The Morgan fingerprint density at radius 1 is 0.593 bits per heavy atom. The second-order valence-corrected chi connectivity index (χ2v) is 7.42. The molecule has 0 heterocycles. The molecule has 0 aliphatic heterocycles. The standard InChI is InChI=1S/C26H21N/c1-26(20-7-3-2-4-8-20)24-10-6-5-9-22(24)23-17-19(13-16-25(23)26)18-11-14-21(27)15-12-18/h2-17H,27H2,1H3. The molecule has 0 fully saturated rings. The van der Waals surface area contributed by atoms with E-state index in [0.717, 1.165) is 5.69 Å². The maximum Gasteiger partial charge on any atom is 0.0435 e. The van der Waals surface area contributed by atoms with E-state index in [2.05, 4.69) is 91.9 Å². The number of anilines is 1. The van der Waals surface area contributed by atoms with Gasteiger partial charge in [-0.3, -0.25) is 0 Å². The van der Waals surface area contributed by atoms with Gasteiger partial charge in [0.1, 0.15) is 0 Å². The molecule has 1 aliphatic carbocycles. The summed E-state index contributed by atoms with van der Waals surface area (Å²) in [5.41, 5.74) is 15.7. The molecule has 1 nitrogen and oxygen atoms in total. The molecule has 5 rings (SSSR count). The summed E-state index contributed by atoms with van der Waals surface area (Å²) in [7, 11) is 0. The van der Waals surface area contributed by atoms with Crippen LogP contribution in [0.5, 0.6) is 0 Å². The zero-order valence-corrected chi connectivity index (χ0v) is 15.3. The molecule has 2 N–H and O–H groups in total. The molecule has 4 aromatic carbocycles. The molecule has 1 atom stereocenters. The molecule has 0 saturated carbocycles. The van der Waals surface area contributed by atoms with Gasteiger partial charge in [-0.25, -0.2) is 0 Å². The summed E-state index contributed by atoms with van der Waals surface area (Å²) in [5.74, 6) is 0. The molecule has 0 saturated heterocycles. The first kappa shape index (κ1) is 15.9. The van der Waals surface area contributed by atoms with Crippen LogP contribution in [-0.4, -0.2) is 0 Å². The van der Waals surface area contributed by atoms with Crippen molar-refractivity contribution in [3.05, 3.63) is 114 Å². The maximum absolute atomic E-state index is 5.86. The van der Waals surface area contributed by atoms with Crippen molar-refractivity contribution in [2.24, 2.45) is 0 Å². The molecular formula is C26H21N. The number of fused-ring (bicyclic) bond motifs is 3. The van der Waals surface area contributed by atoms with Gasteiger partial charge in [0.25, 0.3) is 0 Å². The fourth-order valence-electron chi connectivity index (χ4n) is 4.44. The topological polar surface area (TPSA) is 26.0 Å². The molecule has 1 unspecified atom stereocenters. The van der Waals surface area contributed by atoms with Gasteiger partial charge in [0.2, 0.25) is 0 Å². The highest BCUT2D eigenvalue weighted by Gasteiger charge is 2.40. The summed E-state index contributed by atoms with van der Waals surface area (Å²) >= 11 is 0. The molecule has 0 bridgehead atoms. The zero-order chi connectivity index (χ0) is 18.4. The number of hydrogen-bond donors (Lipinski definition) is 1. The summed E-state index contributed by atoms with van der Waals surface area (Å²) in [6.07, 6.45) is 0. The van der Waals surface area contributed by atoms with Gasteiger partial charge in [0, 0.05) is 11.1 Å². The fourth-order valence-corrected chi connectivity index (χ4v) is 4.44. The molecule has 0 aromatic heterocycles. The van der Waals surface area contributed by atoms with Crippen LogP contribution in [-0.2, 0) is 5.41 Å². The molecule has 0 spiro atoms. The minimum absolute atomic E-state index is 0.132. The Hall–Kier alpha value is -3.32. The summed E-state index contributed by atoms with van der Waals surface area (Å²) < 4.78 is 0. The second-order valence-electron chi connectivity index (χ2n) is 7.42. The first-order chi connectivity index (χ1) is 13.2. The first-order valence-corrected chi connectivity index (χ1v) is 9.34. The third-order valence-electron chi connectivity index (χ3n) is 5.91. The highest BCUT2D eigenvalue weighted by Crippen LogP contribution is 2.52. The number of nitrogens with two attached hydrogens (primary N) is 1. The Labute approximate surface area is 160 Å². The summed E-state index contributed by atoms with van der Waals surface area (Å²) in [4.78, 5) is 0. The molecule has 4 aromatic rings. The molecule has 1 aliphatic rings. The van der Waals surface area contributed by atoms with Gasteiger partial charge in [-0.05, 0) is 64.1 Å². The normalized spacial score (nSPS) is 17.4. The molecule has 27 heavy (non-hydrogen) atoms. The van der Waals surface area contributed by atoms with Gasteiger partial charge in [-0.15, -0.1) is 0 Å². The van der Waals surface area contributed by atoms with Gasteiger partial charge >= 0.3 is 0 Å². The molecular weight excluding hydrogens is 326 g/mol. The van der Waals surface area contributed by atoms with E-state index in [1.54, 1.807) is 0 Å². The lowest BCUT2D eigenvalue weighted by Gasteiger charge is -2.28. The van der Waals surface area contributed by atoms with Crippen LogP contribution >= 0.6 is 0 Å². The van der Waals surface area contributed by atoms with Crippen LogP contribution in [0.1, 0.15) is 23.6 Å². The maximum atomic E-state index is 5.86. The van der Waals surface area contributed by atoms with Crippen molar-refractivity contribution < 1.29 is 0 Å². The van der Waals surface area contributed by atoms with Crippen molar-refractivity contribution in [2.45, 2.75) is 12.3 Å². The third-order valence-corrected chi connectivity index (χ3v) is 5.91. The number of benzene rings is 4. The molecule has 0 amide bonds.